The smallest absolute Gasteiger partial charge is 0.220 e. The van der Waals surface area contributed by atoms with Gasteiger partial charge in [-0.3, -0.25) is 9.59 Å². The monoisotopic (exact) mass is 787 g/mol. The van der Waals surface area contributed by atoms with Gasteiger partial charge in [0, 0.05) is 59.1 Å². The van der Waals surface area contributed by atoms with E-state index in [0.717, 1.165) is 141 Å². The van der Waals surface area contributed by atoms with Crippen molar-refractivity contribution in [3.63, 3.8) is 0 Å². The van der Waals surface area contributed by atoms with Crippen molar-refractivity contribution in [2.45, 2.75) is 93.9 Å². The average molecular weight is 787 g/mol. The number of nitrogens with one attached hydrogen (secondary N) is 4. The Morgan fingerprint density at radius 1 is 0.638 bits per heavy atom. The molecule has 10 heteroatoms. The van der Waals surface area contributed by atoms with E-state index in [1.807, 2.05) is 12.2 Å². The number of carbonyl (C=O) groups excluding carboxylic acids is 2. The van der Waals surface area contributed by atoms with Crippen LogP contribution in [0.1, 0.15) is 119 Å². The lowest BCUT2D eigenvalue weighted by Crippen LogP contribution is -2.30. The third kappa shape index (κ3) is 10.3. The molecule has 0 radical (unpaired) electrons. The molecule has 310 valence electrons. The number of amides is 2. The third-order valence-electron chi connectivity index (χ3n) is 12.0. The average Bonchev–Trinajstić information content (AvgIpc) is 3.88. The topological polar surface area (TPSA) is 122 Å². The maximum absolute atomic E-state index is 13.2. The zero-order valence-corrected chi connectivity index (χ0v) is 36.4. The lowest BCUT2D eigenvalue weighted by atomic mass is 10.00. The molecule has 2 amide bonds. The van der Waals surface area contributed by atoms with Crippen LogP contribution in [0.5, 0.6) is 0 Å². The van der Waals surface area contributed by atoms with Gasteiger partial charge in [0.2, 0.25) is 11.8 Å². The number of hydrogen-bond acceptors (Lipinski definition) is 6. The minimum atomic E-state index is 0.0390. The molecule has 3 aromatic rings. The first-order valence-corrected chi connectivity index (χ1v) is 21.4. The van der Waals surface area contributed by atoms with E-state index in [1.54, 1.807) is 0 Å². The van der Waals surface area contributed by atoms with Gasteiger partial charge >= 0.3 is 0 Å². The number of rotatable bonds is 20. The van der Waals surface area contributed by atoms with Crippen LogP contribution in [0.4, 0.5) is 0 Å². The summed E-state index contributed by atoms with van der Waals surface area (Å²) in [7, 11) is 0. The van der Waals surface area contributed by atoms with Gasteiger partial charge in [-0.05, 0) is 150 Å². The van der Waals surface area contributed by atoms with Crippen molar-refractivity contribution < 1.29 is 9.59 Å². The van der Waals surface area contributed by atoms with Crippen molar-refractivity contribution in [2.75, 3.05) is 52.4 Å². The highest BCUT2D eigenvalue weighted by Gasteiger charge is 2.21. The van der Waals surface area contributed by atoms with Crippen LogP contribution in [0.2, 0.25) is 0 Å². The molecule has 0 fully saturated rings. The van der Waals surface area contributed by atoms with Crippen LogP contribution in [0.15, 0.2) is 43.5 Å². The molecule has 2 aliphatic heterocycles. The van der Waals surface area contributed by atoms with Gasteiger partial charge in [0.15, 0.2) is 0 Å². The van der Waals surface area contributed by atoms with Crippen LogP contribution in [0, 0.1) is 13.8 Å². The van der Waals surface area contributed by atoms with Gasteiger partial charge in [-0.15, -0.1) is 0 Å². The van der Waals surface area contributed by atoms with Gasteiger partial charge in [-0.2, -0.15) is 0 Å². The summed E-state index contributed by atoms with van der Waals surface area (Å²) < 4.78 is 0. The Bertz CT molecular complexity index is 2230. The molecule has 0 saturated carbocycles. The van der Waals surface area contributed by atoms with Gasteiger partial charge in [0.1, 0.15) is 0 Å². The number of allylic oxidation sites excluding steroid dienone is 5. The summed E-state index contributed by atoms with van der Waals surface area (Å²) in [6, 6.07) is 8.38. The third-order valence-corrected chi connectivity index (χ3v) is 12.0. The number of carbonyl (C=O) groups is 2. The highest BCUT2D eigenvalue weighted by atomic mass is 16.2. The summed E-state index contributed by atoms with van der Waals surface area (Å²) in [6.07, 6.45) is 7.42. The molecule has 10 nitrogen and oxygen atoms in total. The van der Waals surface area contributed by atoms with Crippen LogP contribution >= 0.6 is 0 Å². The molecule has 0 aromatic carbocycles. The Morgan fingerprint density at radius 2 is 1.14 bits per heavy atom. The Labute approximate surface area is 346 Å². The first-order chi connectivity index (χ1) is 28.0. The standard InChI is InChI=1S/C48H66N8O2/c1-11-35-31(7)39-27-40-33(9)37(19-21-47(57)49-23-17-25-55(13-3)14-4)45(53-40)30-46-38(20-22-48(58)50-24-18-26-56(15-5)16-6)34(10)42(54-46)29-44-36(12-2)32(8)41(52-44)28-43(35)51-39/h11-12,27-30,51,54H,1-2,13-26H2,3-10H3,(H,49,57)(H,50,58). The van der Waals surface area contributed by atoms with Gasteiger partial charge in [-0.25, -0.2) is 9.97 Å². The molecule has 8 bridgehead atoms. The van der Waals surface area contributed by atoms with Gasteiger partial charge in [-0.1, -0.05) is 53.0 Å². The predicted molar refractivity (Wildman–Crippen MR) is 244 cm³/mol. The maximum Gasteiger partial charge on any atom is 0.220 e. The van der Waals surface area contributed by atoms with E-state index in [2.05, 4.69) is 123 Å². The first-order valence-electron chi connectivity index (χ1n) is 21.4. The van der Waals surface area contributed by atoms with Gasteiger partial charge < -0.3 is 30.4 Å². The molecule has 0 aliphatic carbocycles. The van der Waals surface area contributed by atoms with Crippen molar-refractivity contribution in [1.29, 1.82) is 0 Å². The lowest BCUT2D eigenvalue weighted by molar-refractivity contribution is -0.121. The molecule has 5 rings (SSSR count). The Kier molecular flexibility index (Phi) is 15.6. The van der Waals surface area contributed by atoms with E-state index in [9.17, 15) is 9.59 Å². The number of fused-ring (bicyclic) bond motifs is 8. The van der Waals surface area contributed by atoms with Crippen molar-refractivity contribution in [1.82, 2.24) is 40.4 Å². The van der Waals surface area contributed by atoms with Crippen LogP contribution in [-0.2, 0) is 16.0 Å². The Morgan fingerprint density at radius 3 is 1.72 bits per heavy atom. The molecule has 0 saturated heterocycles. The fraction of sp³-hybridized carbons (Fsp3) is 0.458. The molecule has 5 heterocycles. The molecular weight excluding hydrogens is 721 g/mol. The lowest BCUT2D eigenvalue weighted by Gasteiger charge is -2.17. The van der Waals surface area contributed by atoms with Crippen LogP contribution in [-0.4, -0.2) is 93.9 Å². The summed E-state index contributed by atoms with van der Waals surface area (Å²) in [5.41, 5.74) is 15.3. The molecule has 3 aromatic heterocycles. The summed E-state index contributed by atoms with van der Waals surface area (Å²) in [5.74, 6) is 0.0805. The van der Waals surface area contributed by atoms with Gasteiger partial charge in [0.05, 0.1) is 22.8 Å². The van der Waals surface area contributed by atoms with Crippen LogP contribution in [0.25, 0.3) is 50.4 Å². The maximum atomic E-state index is 13.2. The number of nitrogens with zero attached hydrogens (tertiary/aromatic N) is 4. The highest BCUT2D eigenvalue weighted by molar-refractivity contribution is 5.98. The first kappa shape index (κ1) is 44.1. The van der Waals surface area contributed by atoms with E-state index < -0.39 is 0 Å². The van der Waals surface area contributed by atoms with Crippen molar-refractivity contribution in [2.24, 2.45) is 0 Å². The number of H-pyrrole nitrogens is 2. The second-order valence-electron chi connectivity index (χ2n) is 15.4. The number of aromatic nitrogens is 4. The van der Waals surface area contributed by atoms with E-state index in [4.69, 9.17) is 9.97 Å². The van der Waals surface area contributed by atoms with Gasteiger partial charge in [0.25, 0.3) is 0 Å². The number of aromatic amines is 2. The predicted octanol–water partition coefficient (Wildman–Crippen LogP) is 9.03. The van der Waals surface area contributed by atoms with Crippen LogP contribution < -0.4 is 10.6 Å². The second kappa shape index (κ2) is 20.6. The molecule has 0 unspecified atom stereocenters. The molecular formula is C48H66N8O2. The molecule has 2 aliphatic rings. The van der Waals surface area contributed by atoms with Crippen molar-refractivity contribution in [3.8, 4) is 0 Å². The van der Waals surface area contributed by atoms with E-state index in [0.29, 0.717) is 38.8 Å². The molecule has 4 N–H and O–H groups in total. The SMILES string of the molecule is C=CC1=C(C)c2cc3[nH]c(cc4nc(cc5[nH]c(cc1n2)c(C)c5CCC(=O)NCCCN(CC)CC)C(CCC(=O)NCCCN(CC)CC)=C4C)c(C)c3C=C. The molecule has 0 atom stereocenters. The summed E-state index contributed by atoms with van der Waals surface area (Å²) in [6.45, 7) is 32.6. The minimum Gasteiger partial charge on any atom is -0.356 e. The normalized spacial score (nSPS) is 12.9. The van der Waals surface area contributed by atoms with E-state index >= 15 is 0 Å². The van der Waals surface area contributed by atoms with Crippen molar-refractivity contribution in [3.05, 3.63) is 88.5 Å². The largest absolute Gasteiger partial charge is 0.356 e. The summed E-state index contributed by atoms with van der Waals surface area (Å²) in [4.78, 5) is 48.9. The Hall–Kier alpha value is -5.06. The second-order valence-corrected chi connectivity index (χ2v) is 15.4. The van der Waals surface area contributed by atoms with E-state index in [-0.39, 0.29) is 11.8 Å². The van der Waals surface area contributed by atoms with Crippen LogP contribution in [0.3, 0.4) is 0 Å². The molecule has 58 heavy (non-hydrogen) atoms. The zero-order chi connectivity index (χ0) is 41.9. The number of hydrogen-bond donors (Lipinski definition) is 4. The van der Waals surface area contributed by atoms with Crippen molar-refractivity contribution >= 4 is 62.2 Å². The molecule has 0 spiro atoms. The fourth-order valence-electron chi connectivity index (χ4n) is 8.10. The Balaban J connectivity index is 1.59. The summed E-state index contributed by atoms with van der Waals surface area (Å²) >= 11 is 0. The number of aryl methyl sites for hydroxylation is 3. The van der Waals surface area contributed by atoms with E-state index in [1.165, 1.54) is 0 Å². The fourth-order valence-corrected chi connectivity index (χ4v) is 8.10. The zero-order valence-electron chi connectivity index (χ0n) is 36.4. The minimum absolute atomic E-state index is 0.0390. The quantitative estimate of drug-likeness (QED) is 0.0849. The summed E-state index contributed by atoms with van der Waals surface area (Å²) in [5, 5.41) is 6.29. The highest BCUT2D eigenvalue weighted by Crippen LogP contribution is 2.36.